The number of hydrogen-bond donors (Lipinski definition) is 0. The molecule has 3 rings (SSSR count). The van der Waals surface area contributed by atoms with Crippen LogP contribution in [-0.2, 0) is 0 Å². The van der Waals surface area contributed by atoms with Crippen LogP contribution in [0.1, 0.15) is 15.9 Å². The Labute approximate surface area is 192 Å². The first kappa shape index (κ1) is 22.7. The highest BCUT2D eigenvalue weighted by atomic mass is 79.9. The van der Waals surface area contributed by atoms with Crippen molar-refractivity contribution >= 4 is 21.7 Å². The third kappa shape index (κ3) is 6.78. The number of likely N-dealkylation sites (N-methyl/N-ethyl adjacent to an activating group) is 1. The van der Waals surface area contributed by atoms with Crippen LogP contribution in [-0.4, -0.2) is 37.4 Å². The Morgan fingerprint density at radius 2 is 1.42 bits per heavy atom. The third-order valence-corrected chi connectivity index (χ3v) is 5.34. The van der Waals surface area contributed by atoms with Gasteiger partial charge in [-0.1, -0.05) is 70.6 Å². The van der Waals surface area contributed by atoms with Crippen LogP contribution in [0.5, 0.6) is 5.75 Å². The standard InChI is InChI=1S/C27H26BrNO2/c1-3-18-29(2)19-4-5-20-31-26-16-12-22(13-17-26)21-6-8-23(9-7-21)27(30)24-10-14-25(28)15-11-24/h3-17H,1,18-20H2,2H3. The zero-order chi connectivity index (χ0) is 22.1. The average molecular weight is 476 g/mol. The summed E-state index contributed by atoms with van der Waals surface area (Å²) in [6.07, 6.45) is 6.00. The summed E-state index contributed by atoms with van der Waals surface area (Å²) >= 11 is 3.39. The van der Waals surface area contributed by atoms with Gasteiger partial charge < -0.3 is 4.74 Å². The molecule has 0 heterocycles. The molecule has 31 heavy (non-hydrogen) atoms. The number of rotatable bonds is 10. The maximum Gasteiger partial charge on any atom is 0.193 e. The van der Waals surface area contributed by atoms with Crippen molar-refractivity contribution in [2.75, 3.05) is 26.7 Å². The normalized spacial score (nSPS) is 11.1. The molecule has 0 atom stereocenters. The molecule has 0 saturated heterocycles. The molecule has 0 saturated carbocycles. The van der Waals surface area contributed by atoms with Gasteiger partial charge in [-0.05, 0) is 54.6 Å². The van der Waals surface area contributed by atoms with E-state index in [1.54, 1.807) is 0 Å². The summed E-state index contributed by atoms with van der Waals surface area (Å²) in [5, 5.41) is 0. The fourth-order valence-electron chi connectivity index (χ4n) is 3.09. The van der Waals surface area contributed by atoms with Gasteiger partial charge in [-0.3, -0.25) is 9.69 Å². The first-order valence-corrected chi connectivity index (χ1v) is 10.9. The molecule has 0 N–H and O–H groups in total. The van der Waals surface area contributed by atoms with Crippen molar-refractivity contribution < 1.29 is 9.53 Å². The molecule has 0 aliphatic rings. The van der Waals surface area contributed by atoms with Crippen molar-refractivity contribution in [3.63, 3.8) is 0 Å². The van der Waals surface area contributed by atoms with E-state index in [4.69, 9.17) is 4.74 Å². The zero-order valence-electron chi connectivity index (χ0n) is 17.6. The van der Waals surface area contributed by atoms with Crippen molar-refractivity contribution in [3.05, 3.63) is 113 Å². The van der Waals surface area contributed by atoms with E-state index in [1.807, 2.05) is 84.9 Å². The summed E-state index contributed by atoms with van der Waals surface area (Å²) < 4.78 is 6.73. The van der Waals surface area contributed by atoms with E-state index >= 15 is 0 Å². The number of halogens is 1. The van der Waals surface area contributed by atoms with Crippen LogP contribution in [0.4, 0.5) is 0 Å². The lowest BCUT2D eigenvalue weighted by atomic mass is 9.99. The summed E-state index contributed by atoms with van der Waals surface area (Å²) in [7, 11) is 2.05. The molecule has 0 aliphatic carbocycles. The van der Waals surface area contributed by atoms with Crippen LogP contribution in [0.2, 0.25) is 0 Å². The third-order valence-electron chi connectivity index (χ3n) is 4.81. The lowest BCUT2D eigenvalue weighted by Crippen LogP contribution is -2.17. The largest absolute Gasteiger partial charge is 0.490 e. The highest BCUT2D eigenvalue weighted by molar-refractivity contribution is 9.10. The van der Waals surface area contributed by atoms with Crippen LogP contribution in [0.3, 0.4) is 0 Å². The topological polar surface area (TPSA) is 29.5 Å². The molecule has 0 aromatic heterocycles. The van der Waals surface area contributed by atoms with Crippen LogP contribution >= 0.6 is 15.9 Å². The summed E-state index contributed by atoms with van der Waals surface area (Å²) in [5.41, 5.74) is 3.50. The zero-order valence-corrected chi connectivity index (χ0v) is 19.2. The summed E-state index contributed by atoms with van der Waals surface area (Å²) in [4.78, 5) is 14.8. The second-order valence-corrected chi connectivity index (χ2v) is 8.15. The van der Waals surface area contributed by atoms with E-state index < -0.39 is 0 Å². The van der Waals surface area contributed by atoms with E-state index in [0.717, 1.165) is 34.4 Å². The maximum absolute atomic E-state index is 12.6. The summed E-state index contributed by atoms with van der Waals surface area (Å²) in [6, 6.07) is 23.1. The Hall–Kier alpha value is -2.95. The lowest BCUT2D eigenvalue weighted by molar-refractivity contribution is 0.103. The van der Waals surface area contributed by atoms with E-state index in [0.29, 0.717) is 17.7 Å². The average Bonchev–Trinajstić information content (AvgIpc) is 2.80. The van der Waals surface area contributed by atoms with E-state index in [9.17, 15) is 4.79 Å². The van der Waals surface area contributed by atoms with E-state index in [1.165, 1.54) is 0 Å². The first-order chi connectivity index (χ1) is 15.1. The van der Waals surface area contributed by atoms with Crippen molar-refractivity contribution in [1.82, 2.24) is 4.90 Å². The number of ether oxygens (including phenoxy) is 1. The second-order valence-electron chi connectivity index (χ2n) is 7.23. The summed E-state index contributed by atoms with van der Waals surface area (Å²) in [6.45, 7) is 6.01. The quantitative estimate of drug-likeness (QED) is 0.251. The van der Waals surface area contributed by atoms with Gasteiger partial charge in [-0.2, -0.15) is 0 Å². The second kappa shape index (κ2) is 11.4. The number of carbonyl (C=O) groups is 1. The Balaban J connectivity index is 1.56. The van der Waals surface area contributed by atoms with Gasteiger partial charge in [0.1, 0.15) is 12.4 Å². The van der Waals surface area contributed by atoms with Gasteiger partial charge in [0.05, 0.1) is 0 Å². The van der Waals surface area contributed by atoms with E-state index in [-0.39, 0.29) is 5.78 Å². The Bertz CT molecular complexity index is 1020. The Kier molecular flexibility index (Phi) is 8.39. The van der Waals surface area contributed by atoms with Gasteiger partial charge in [0.15, 0.2) is 5.78 Å². The fourth-order valence-corrected chi connectivity index (χ4v) is 3.35. The molecule has 0 spiro atoms. The van der Waals surface area contributed by atoms with Gasteiger partial charge >= 0.3 is 0 Å². The maximum atomic E-state index is 12.6. The van der Waals surface area contributed by atoms with Gasteiger partial charge in [0.25, 0.3) is 0 Å². The van der Waals surface area contributed by atoms with Crippen LogP contribution in [0.25, 0.3) is 11.1 Å². The predicted octanol–water partition coefficient (Wildman–Crippen LogP) is 6.40. The molecule has 0 bridgehead atoms. The SMILES string of the molecule is C=CCN(C)CC=CCOc1ccc(-c2ccc(C(=O)c3ccc(Br)cc3)cc2)cc1. The van der Waals surface area contributed by atoms with Crippen molar-refractivity contribution in [1.29, 1.82) is 0 Å². The minimum atomic E-state index is 0.0199. The lowest BCUT2D eigenvalue weighted by Gasteiger charge is -2.10. The smallest absolute Gasteiger partial charge is 0.193 e. The number of carbonyl (C=O) groups excluding carboxylic acids is 1. The van der Waals surface area contributed by atoms with Crippen LogP contribution in [0, 0.1) is 0 Å². The van der Waals surface area contributed by atoms with E-state index in [2.05, 4.69) is 40.5 Å². The molecule has 0 radical (unpaired) electrons. The minimum absolute atomic E-state index is 0.0199. The molecule has 158 valence electrons. The van der Waals surface area contributed by atoms with Crippen molar-refractivity contribution in [3.8, 4) is 16.9 Å². The predicted molar refractivity (Wildman–Crippen MR) is 132 cm³/mol. The molecule has 0 aliphatic heterocycles. The number of nitrogens with zero attached hydrogens (tertiary/aromatic N) is 1. The van der Waals surface area contributed by atoms with Gasteiger partial charge in [-0.25, -0.2) is 0 Å². The molecular formula is C27H26BrNO2. The molecule has 3 nitrogen and oxygen atoms in total. The molecular weight excluding hydrogens is 450 g/mol. The number of benzene rings is 3. The highest BCUT2D eigenvalue weighted by Gasteiger charge is 2.09. The molecule has 3 aromatic rings. The van der Waals surface area contributed by atoms with Crippen molar-refractivity contribution in [2.45, 2.75) is 0 Å². The monoisotopic (exact) mass is 475 g/mol. The highest BCUT2D eigenvalue weighted by Crippen LogP contribution is 2.24. The van der Waals surface area contributed by atoms with Crippen LogP contribution in [0.15, 0.2) is 102 Å². The number of ketones is 1. The van der Waals surface area contributed by atoms with Gasteiger partial charge in [0, 0.05) is 28.7 Å². The first-order valence-electron chi connectivity index (χ1n) is 10.1. The van der Waals surface area contributed by atoms with Crippen molar-refractivity contribution in [2.24, 2.45) is 0 Å². The fraction of sp³-hybridized carbons (Fsp3) is 0.148. The summed E-state index contributed by atoms with van der Waals surface area (Å²) in [5.74, 6) is 0.849. The Morgan fingerprint density at radius 1 is 0.871 bits per heavy atom. The molecule has 0 amide bonds. The molecule has 0 fully saturated rings. The van der Waals surface area contributed by atoms with Crippen LogP contribution < -0.4 is 4.74 Å². The molecule has 0 unspecified atom stereocenters. The van der Waals surface area contributed by atoms with Gasteiger partial charge in [0.2, 0.25) is 0 Å². The minimum Gasteiger partial charge on any atom is -0.490 e. The Morgan fingerprint density at radius 3 is 2.00 bits per heavy atom. The molecule has 4 heteroatoms. The number of hydrogen-bond acceptors (Lipinski definition) is 3. The van der Waals surface area contributed by atoms with Gasteiger partial charge in [-0.15, -0.1) is 6.58 Å². The molecule has 3 aromatic carbocycles.